The average Bonchev–Trinajstić information content (AvgIpc) is 2.33. The first-order valence-corrected chi connectivity index (χ1v) is 7.25. The molecule has 2 aromatic rings. The molecule has 6 heteroatoms. The number of carbonyl (C=O) groups is 1. The molecular formula is C14H11BrCl2N2O. The van der Waals surface area contributed by atoms with Crippen LogP contribution in [-0.4, -0.2) is 5.91 Å². The Kier molecular flexibility index (Phi) is 4.58. The average molecular weight is 374 g/mol. The maximum atomic E-state index is 12.2. The summed E-state index contributed by atoms with van der Waals surface area (Å²) in [5.41, 5.74) is 8.17. The van der Waals surface area contributed by atoms with Crippen LogP contribution in [0.1, 0.15) is 15.9 Å². The van der Waals surface area contributed by atoms with Crippen molar-refractivity contribution in [2.45, 2.75) is 6.92 Å². The van der Waals surface area contributed by atoms with Crippen LogP contribution in [0.3, 0.4) is 0 Å². The SMILES string of the molecule is Cc1cc(Br)cc(N)c1NC(=O)c1ccc(Cl)cc1Cl. The molecule has 0 aliphatic rings. The highest BCUT2D eigenvalue weighted by atomic mass is 79.9. The number of hydrogen-bond acceptors (Lipinski definition) is 2. The standard InChI is InChI=1S/C14H11BrCl2N2O/c1-7-4-8(15)5-12(18)13(7)19-14(20)10-3-2-9(16)6-11(10)17/h2-6H,18H2,1H3,(H,19,20). The quantitative estimate of drug-likeness (QED) is 0.735. The van der Waals surface area contributed by atoms with Gasteiger partial charge in [0.05, 0.1) is 22.0 Å². The molecule has 0 aliphatic carbocycles. The Labute approximate surface area is 135 Å². The molecule has 3 N–H and O–H groups in total. The maximum absolute atomic E-state index is 12.2. The number of nitrogen functional groups attached to an aromatic ring is 1. The van der Waals surface area contributed by atoms with Crippen molar-refractivity contribution < 1.29 is 4.79 Å². The molecule has 0 saturated carbocycles. The van der Waals surface area contributed by atoms with Gasteiger partial charge in [0.25, 0.3) is 5.91 Å². The second-order valence-electron chi connectivity index (χ2n) is 4.27. The molecule has 0 fully saturated rings. The summed E-state index contributed by atoms with van der Waals surface area (Å²) in [6, 6.07) is 8.31. The topological polar surface area (TPSA) is 55.1 Å². The van der Waals surface area contributed by atoms with Crippen LogP contribution in [0, 0.1) is 6.92 Å². The van der Waals surface area contributed by atoms with Gasteiger partial charge in [-0.15, -0.1) is 0 Å². The molecule has 1 amide bonds. The molecule has 0 heterocycles. The van der Waals surface area contributed by atoms with E-state index in [9.17, 15) is 4.79 Å². The van der Waals surface area contributed by atoms with Crippen molar-refractivity contribution in [3.05, 3.63) is 56.0 Å². The van der Waals surface area contributed by atoms with E-state index in [1.165, 1.54) is 6.07 Å². The molecule has 0 radical (unpaired) electrons. The van der Waals surface area contributed by atoms with E-state index in [4.69, 9.17) is 28.9 Å². The summed E-state index contributed by atoms with van der Waals surface area (Å²) in [4.78, 5) is 12.2. The Morgan fingerprint density at radius 1 is 1.25 bits per heavy atom. The number of halogens is 3. The van der Waals surface area contributed by atoms with Crippen LogP contribution in [0.5, 0.6) is 0 Å². The first kappa shape index (κ1) is 15.2. The lowest BCUT2D eigenvalue weighted by atomic mass is 10.1. The maximum Gasteiger partial charge on any atom is 0.257 e. The number of aryl methyl sites for hydroxylation is 1. The molecule has 0 unspecified atom stereocenters. The monoisotopic (exact) mass is 372 g/mol. The van der Waals surface area contributed by atoms with Gasteiger partial charge in [-0.25, -0.2) is 0 Å². The number of nitrogens with two attached hydrogens (primary N) is 1. The van der Waals surface area contributed by atoms with Crippen molar-refractivity contribution in [1.82, 2.24) is 0 Å². The predicted octanol–water partition coefficient (Wildman–Crippen LogP) is 4.90. The number of rotatable bonds is 2. The van der Waals surface area contributed by atoms with Crippen molar-refractivity contribution in [3.63, 3.8) is 0 Å². The second-order valence-corrected chi connectivity index (χ2v) is 6.02. The number of anilines is 2. The number of carbonyl (C=O) groups excluding carboxylic acids is 1. The van der Waals surface area contributed by atoms with E-state index in [0.717, 1.165) is 10.0 Å². The van der Waals surface area contributed by atoms with Crippen LogP contribution in [0.25, 0.3) is 0 Å². The van der Waals surface area contributed by atoms with Gasteiger partial charge >= 0.3 is 0 Å². The first-order valence-electron chi connectivity index (χ1n) is 5.70. The van der Waals surface area contributed by atoms with Gasteiger partial charge in [0.15, 0.2) is 0 Å². The molecular weight excluding hydrogens is 363 g/mol. The molecule has 2 rings (SSSR count). The molecule has 0 aliphatic heterocycles. The molecule has 20 heavy (non-hydrogen) atoms. The minimum absolute atomic E-state index is 0.295. The van der Waals surface area contributed by atoms with Crippen LogP contribution in [0.15, 0.2) is 34.8 Å². The molecule has 0 atom stereocenters. The highest BCUT2D eigenvalue weighted by Gasteiger charge is 2.14. The van der Waals surface area contributed by atoms with Crippen LogP contribution in [0.4, 0.5) is 11.4 Å². The lowest BCUT2D eigenvalue weighted by Gasteiger charge is -2.12. The zero-order chi connectivity index (χ0) is 14.9. The van der Waals surface area contributed by atoms with E-state index in [1.54, 1.807) is 18.2 Å². The third-order valence-electron chi connectivity index (χ3n) is 2.75. The van der Waals surface area contributed by atoms with Crippen molar-refractivity contribution in [3.8, 4) is 0 Å². The first-order chi connectivity index (χ1) is 9.38. The Morgan fingerprint density at radius 2 is 1.95 bits per heavy atom. The zero-order valence-corrected chi connectivity index (χ0v) is 13.6. The van der Waals surface area contributed by atoms with Gasteiger partial charge in [0.1, 0.15) is 0 Å². The number of nitrogens with one attached hydrogen (secondary N) is 1. The molecule has 0 aromatic heterocycles. The van der Waals surface area contributed by atoms with E-state index in [2.05, 4.69) is 21.2 Å². The summed E-state index contributed by atoms with van der Waals surface area (Å²) >= 11 is 15.2. The van der Waals surface area contributed by atoms with Crippen LogP contribution in [-0.2, 0) is 0 Å². The van der Waals surface area contributed by atoms with Gasteiger partial charge in [-0.1, -0.05) is 39.1 Å². The van der Waals surface area contributed by atoms with Crippen molar-refractivity contribution in [1.29, 1.82) is 0 Å². The minimum atomic E-state index is -0.330. The summed E-state index contributed by atoms with van der Waals surface area (Å²) in [5.74, 6) is -0.330. The van der Waals surface area contributed by atoms with Crippen molar-refractivity contribution in [2.24, 2.45) is 0 Å². The third kappa shape index (κ3) is 3.26. The van der Waals surface area contributed by atoms with Gasteiger partial charge in [0, 0.05) is 9.50 Å². The van der Waals surface area contributed by atoms with Crippen LogP contribution >= 0.6 is 39.1 Å². The van der Waals surface area contributed by atoms with Crippen LogP contribution in [0.2, 0.25) is 10.0 Å². The lowest BCUT2D eigenvalue weighted by Crippen LogP contribution is -2.14. The summed E-state index contributed by atoms with van der Waals surface area (Å²) in [5, 5.41) is 3.54. The second kappa shape index (κ2) is 6.04. The Bertz CT molecular complexity index is 666. The third-order valence-corrected chi connectivity index (χ3v) is 3.75. The molecule has 0 bridgehead atoms. The zero-order valence-electron chi connectivity index (χ0n) is 10.5. The minimum Gasteiger partial charge on any atom is -0.397 e. The lowest BCUT2D eigenvalue weighted by molar-refractivity contribution is 0.102. The Morgan fingerprint density at radius 3 is 2.55 bits per heavy atom. The molecule has 0 spiro atoms. The Balaban J connectivity index is 2.33. The van der Waals surface area contributed by atoms with Gasteiger partial charge in [-0.05, 0) is 42.8 Å². The number of hydrogen-bond donors (Lipinski definition) is 2. The molecule has 3 nitrogen and oxygen atoms in total. The smallest absolute Gasteiger partial charge is 0.257 e. The van der Waals surface area contributed by atoms with Gasteiger partial charge in [0.2, 0.25) is 0 Å². The molecule has 104 valence electrons. The molecule has 0 saturated heterocycles. The van der Waals surface area contributed by atoms with Crippen molar-refractivity contribution in [2.75, 3.05) is 11.1 Å². The predicted molar refractivity (Wildman–Crippen MR) is 87.7 cm³/mol. The van der Waals surface area contributed by atoms with E-state index in [0.29, 0.717) is 27.0 Å². The van der Waals surface area contributed by atoms with Crippen molar-refractivity contribution >= 4 is 56.4 Å². The van der Waals surface area contributed by atoms with E-state index >= 15 is 0 Å². The fourth-order valence-electron chi connectivity index (χ4n) is 1.79. The summed E-state index contributed by atoms with van der Waals surface area (Å²) in [6.45, 7) is 1.86. The van der Waals surface area contributed by atoms with Gasteiger partial charge in [-0.2, -0.15) is 0 Å². The normalized spacial score (nSPS) is 10.4. The van der Waals surface area contributed by atoms with E-state index < -0.39 is 0 Å². The van der Waals surface area contributed by atoms with Crippen LogP contribution < -0.4 is 11.1 Å². The largest absolute Gasteiger partial charge is 0.397 e. The van der Waals surface area contributed by atoms with E-state index in [1.807, 2.05) is 13.0 Å². The van der Waals surface area contributed by atoms with Gasteiger partial charge < -0.3 is 11.1 Å². The molecule has 2 aromatic carbocycles. The summed E-state index contributed by atoms with van der Waals surface area (Å²) in [7, 11) is 0. The number of benzene rings is 2. The highest BCUT2D eigenvalue weighted by Crippen LogP contribution is 2.29. The Hall–Kier alpha value is -1.23. The summed E-state index contributed by atoms with van der Waals surface area (Å²) in [6.07, 6.45) is 0. The van der Waals surface area contributed by atoms with Gasteiger partial charge in [-0.3, -0.25) is 4.79 Å². The fourth-order valence-corrected chi connectivity index (χ4v) is 2.88. The highest BCUT2D eigenvalue weighted by molar-refractivity contribution is 9.10. The number of amides is 1. The van der Waals surface area contributed by atoms with E-state index in [-0.39, 0.29) is 5.91 Å². The summed E-state index contributed by atoms with van der Waals surface area (Å²) < 4.78 is 0.857. The fraction of sp³-hybridized carbons (Fsp3) is 0.0714.